The minimum atomic E-state index is -1.65. The zero-order valence-corrected chi connectivity index (χ0v) is 21.5. The average Bonchev–Trinajstić information content (AvgIpc) is 3.02. The Morgan fingerprint density at radius 3 is 2.49 bits per heavy atom. The number of anilines is 2. The smallest absolute Gasteiger partial charge is 0.325 e. The number of nitrogens with one attached hydrogen (secondary N) is 1. The van der Waals surface area contributed by atoms with E-state index in [0.717, 1.165) is 29.3 Å². The largest absolute Gasteiger partial charge is 0.372 e. The van der Waals surface area contributed by atoms with Crippen LogP contribution in [0, 0.1) is 18.3 Å². The molecule has 2 atom stereocenters. The Balaban J connectivity index is 1.98. The number of amides is 4. The van der Waals surface area contributed by atoms with Crippen molar-refractivity contribution in [2.24, 2.45) is 21.4 Å². The summed E-state index contributed by atoms with van der Waals surface area (Å²) in [5.74, 6) is -2.00. The number of amidine groups is 1. The van der Waals surface area contributed by atoms with Crippen molar-refractivity contribution in [2.45, 2.75) is 54.2 Å². The van der Waals surface area contributed by atoms with E-state index >= 15 is 0 Å². The van der Waals surface area contributed by atoms with Crippen LogP contribution >= 0.6 is 0 Å². The first kappa shape index (κ1) is 24.8. The van der Waals surface area contributed by atoms with Gasteiger partial charge in [-0.2, -0.15) is 15.1 Å². The SMILES string of the molecule is CCN(CC)c1ccc(N2C(=O)NCCOC23C2=NC(=O)C(C)C(=O)N2N=C3C(C)(C)C)c(C)c1. The molecule has 188 valence electrons. The van der Waals surface area contributed by atoms with Gasteiger partial charge in [0.25, 0.3) is 17.5 Å². The van der Waals surface area contributed by atoms with Gasteiger partial charge in [-0.25, -0.2) is 4.79 Å². The lowest BCUT2D eigenvalue weighted by atomic mass is 9.82. The summed E-state index contributed by atoms with van der Waals surface area (Å²) in [7, 11) is 0. The van der Waals surface area contributed by atoms with E-state index in [9.17, 15) is 14.4 Å². The van der Waals surface area contributed by atoms with Gasteiger partial charge >= 0.3 is 6.03 Å². The first-order valence-electron chi connectivity index (χ1n) is 12.1. The van der Waals surface area contributed by atoms with Gasteiger partial charge in [0.05, 0.1) is 12.3 Å². The van der Waals surface area contributed by atoms with Gasteiger partial charge in [0, 0.05) is 30.7 Å². The number of hydrogen-bond acceptors (Lipinski definition) is 6. The summed E-state index contributed by atoms with van der Waals surface area (Å²) in [6, 6.07) is 5.44. The second-order valence-corrected chi connectivity index (χ2v) is 10.0. The minimum absolute atomic E-state index is 0.0137. The van der Waals surface area contributed by atoms with Crippen LogP contribution in [0.1, 0.15) is 47.1 Å². The lowest BCUT2D eigenvalue weighted by Gasteiger charge is -2.43. The van der Waals surface area contributed by atoms with Crippen molar-refractivity contribution in [1.82, 2.24) is 10.3 Å². The van der Waals surface area contributed by atoms with Crippen LogP contribution in [0.25, 0.3) is 0 Å². The topological polar surface area (TPSA) is 107 Å². The van der Waals surface area contributed by atoms with Crippen LogP contribution in [-0.4, -0.2) is 66.4 Å². The molecule has 4 rings (SSSR count). The first-order valence-corrected chi connectivity index (χ1v) is 12.1. The van der Waals surface area contributed by atoms with Crippen molar-refractivity contribution in [1.29, 1.82) is 0 Å². The van der Waals surface area contributed by atoms with Gasteiger partial charge in [0.2, 0.25) is 0 Å². The summed E-state index contributed by atoms with van der Waals surface area (Å²) in [5.41, 5.74) is 0.622. The highest BCUT2D eigenvalue weighted by Gasteiger charge is 2.63. The Morgan fingerprint density at radius 1 is 1.20 bits per heavy atom. The zero-order chi connectivity index (χ0) is 25.7. The molecule has 3 aliphatic heterocycles. The fourth-order valence-corrected chi connectivity index (χ4v) is 4.83. The van der Waals surface area contributed by atoms with E-state index in [1.807, 2.05) is 45.9 Å². The Labute approximate surface area is 206 Å². The number of nitrogens with zero attached hydrogens (tertiary/aromatic N) is 5. The Morgan fingerprint density at radius 2 is 1.89 bits per heavy atom. The molecular formula is C25H34N6O4. The standard InChI is InChI=1S/C25H34N6O4/c1-8-29(9-2)17-10-11-18(15(3)14-17)30-23(34)26-12-13-35-25(30)21(24(5,6)7)28-31-20(33)16(4)19(32)27-22(25)31/h10-11,14,16H,8-9,12-13H2,1-7H3,(H,26,34). The monoisotopic (exact) mass is 482 g/mol. The van der Waals surface area contributed by atoms with Crippen molar-refractivity contribution in [3.63, 3.8) is 0 Å². The van der Waals surface area contributed by atoms with Crippen molar-refractivity contribution in [2.75, 3.05) is 36.0 Å². The number of urea groups is 1. The number of ether oxygens (including phenoxy) is 1. The number of rotatable bonds is 4. The van der Waals surface area contributed by atoms with E-state index in [-0.39, 0.29) is 19.0 Å². The molecule has 0 radical (unpaired) electrons. The maximum absolute atomic E-state index is 13.7. The predicted octanol–water partition coefficient (Wildman–Crippen LogP) is 2.90. The number of carbonyl (C=O) groups is 3. The van der Waals surface area contributed by atoms with Gasteiger partial charge in [-0.15, -0.1) is 0 Å². The van der Waals surface area contributed by atoms with Crippen LogP contribution in [0.2, 0.25) is 0 Å². The Bertz CT molecular complexity index is 1130. The Kier molecular flexibility index (Phi) is 6.21. The van der Waals surface area contributed by atoms with Gasteiger partial charge in [0.1, 0.15) is 11.6 Å². The molecule has 35 heavy (non-hydrogen) atoms. The van der Waals surface area contributed by atoms with Crippen LogP contribution in [0.5, 0.6) is 0 Å². The van der Waals surface area contributed by atoms with Gasteiger partial charge in [-0.3, -0.25) is 14.5 Å². The molecule has 3 heterocycles. The van der Waals surface area contributed by atoms with Crippen LogP contribution < -0.4 is 15.1 Å². The van der Waals surface area contributed by atoms with Gasteiger partial charge in [-0.05, 0) is 51.5 Å². The third-order valence-electron chi connectivity index (χ3n) is 6.66. The molecular weight excluding hydrogens is 448 g/mol. The molecule has 1 fully saturated rings. The van der Waals surface area contributed by atoms with E-state index < -0.39 is 34.9 Å². The van der Waals surface area contributed by atoms with E-state index in [0.29, 0.717) is 11.4 Å². The number of aliphatic imine (C=N–C) groups is 1. The molecule has 0 aliphatic carbocycles. The van der Waals surface area contributed by atoms with E-state index in [2.05, 4.69) is 34.2 Å². The summed E-state index contributed by atoms with van der Waals surface area (Å²) < 4.78 is 6.43. The van der Waals surface area contributed by atoms with Crippen molar-refractivity contribution in [3.8, 4) is 0 Å². The van der Waals surface area contributed by atoms with Gasteiger partial charge in [0.15, 0.2) is 5.84 Å². The van der Waals surface area contributed by atoms with Gasteiger partial charge in [-0.1, -0.05) is 20.8 Å². The molecule has 1 aromatic rings. The second-order valence-electron chi connectivity index (χ2n) is 10.0. The molecule has 10 nitrogen and oxygen atoms in total. The fourth-order valence-electron chi connectivity index (χ4n) is 4.83. The molecule has 4 amide bonds. The van der Waals surface area contributed by atoms with Crippen molar-refractivity contribution in [3.05, 3.63) is 23.8 Å². The molecule has 3 aliphatic rings. The number of fused-ring (bicyclic) bond motifs is 2. The molecule has 1 aromatic carbocycles. The van der Waals surface area contributed by atoms with Crippen LogP contribution in [0.3, 0.4) is 0 Å². The van der Waals surface area contributed by atoms with E-state index in [1.165, 1.54) is 11.8 Å². The molecule has 1 spiro atoms. The molecule has 2 unspecified atom stereocenters. The molecule has 1 N–H and O–H groups in total. The summed E-state index contributed by atoms with van der Waals surface area (Å²) in [6.07, 6.45) is 0. The number of hydrogen-bond donors (Lipinski definition) is 1. The third-order valence-corrected chi connectivity index (χ3v) is 6.66. The van der Waals surface area contributed by atoms with Crippen LogP contribution in [0.15, 0.2) is 28.3 Å². The molecule has 0 saturated carbocycles. The zero-order valence-electron chi connectivity index (χ0n) is 21.5. The molecule has 10 heteroatoms. The highest BCUT2D eigenvalue weighted by Crippen LogP contribution is 2.43. The number of carbonyl (C=O) groups excluding carboxylic acids is 3. The summed E-state index contributed by atoms with van der Waals surface area (Å²) in [4.78, 5) is 47.5. The van der Waals surface area contributed by atoms with E-state index in [4.69, 9.17) is 4.74 Å². The Hall–Kier alpha value is -3.27. The van der Waals surface area contributed by atoms with Crippen LogP contribution in [-0.2, 0) is 14.3 Å². The normalized spacial score (nSPS) is 24.8. The number of hydrazone groups is 1. The van der Waals surface area contributed by atoms with Crippen molar-refractivity contribution < 1.29 is 19.1 Å². The highest BCUT2D eigenvalue weighted by atomic mass is 16.5. The average molecular weight is 483 g/mol. The van der Waals surface area contributed by atoms with Gasteiger partial charge < -0.3 is 15.0 Å². The molecule has 1 saturated heterocycles. The van der Waals surface area contributed by atoms with Crippen LogP contribution in [0.4, 0.5) is 16.2 Å². The summed E-state index contributed by atoms with van der Waals surface area (Å²) >= 11 is 0. The molecule has 0 bridgehead atoms. The van der Waals surface area contributed by atoms with E-state index in [1.54, 1.807) is 0 Å². The summed E-state index contributed by atoms with van der Waals surface area (Å²) in [6.45, 7) is 15.5. The minimum Gasteiger partial charge on any atom is -0.372 e. The lowest BCUT2D eigenvalue weighted by molar-refractivity contribution is -0.139. The maximum atomic E-state index is 13.7. The first-order chi connectivity index (χ1) is 16.5. The maximum Gasteiger partial charge on any atom is 0.325 e. The van der Waals surface area contributed by atoms with Crippen molar-refractivity contribution >= 4 is 40.8 Å². The number of benzene rings is 1. The summed E-state index contributed by atoms with van der Waals surface area (Å²) in [5, 5.41) is 8.67. The highest BCUT2D eigenvalue weighted by molar-refractivity contribution is 6.32. The molecule has 0 aromatic heterocycles. The third kappa shape index (κ3) is 3.80. The second kappa shape index (κ2) is 8.75. The predicted molar refractivity (Wildman–Crippen MR) is 135 cm³/mol. The lowest BCUT2D eigenvalue weighted by Crippen LogP contribution is -2.67. The fraction of sp³-hybridized carbons (Fsp3) is 0.560. The quantitative estimate of drug-likeness (QED) is 0.664. The number of aryl methyl sites for hydroxylation is 1.